The molecule has 0 atom stereocenters. The van der Waals surface area contributed by atoms with E-state index in [1.165, 1.54) is 0 Å². The number of imidazole rings is 1. The number of rotatable bonds is 4. The predicted molar refractivity (Wildman–Crippen MR) is 79.2 cm³/mol. The number of aromatic amines is 1. The summed E-state index contributed by atoms with van der Waals surface area (Å²) in [5.74, 6) is 0.903. The Morgan fingerprint density at radius 3 is 2.95 bits per heavy atom. The van der Waals surface area contributed by atoms with Gasteiger partial charge >= 0.3 is 0 Å². The molecule has 0 aliphatic carbocycles. The quantitative estimate of drug-likeness (QED) is 0.775. The summed E-state index contributed by atoms with van der Waals surface area (Å²) in [6.45, 7) is 2.58. The second-order valence-corrected chi connectivity index (χ2v) is 4.84. The van der Waals surface area contributed by atoms with Crippen LogP contribution in [-0.4, -0.2) is 19.7 Å². The zero-order valence-electron chi connectivity index (χ0n) is 11.0. The van der Waals surface area contributed by atoms with Gasteiger partial charge in [0.15, 0.2) is 0 Å². The number of H-pyrrole nitrogens is 1. The van der Waals surface area contributed by atoms with Gasteiger partial charge in [-0.1, -0.05) is 17.7 Å². The Bertz CT molecular complexity index is 702. The lowest BCUT2D eigenvalue weighted by atomic mass is 10.2. The molecule has 0 spiro atoms. The molecular formula is C14H14ClN5. The Kier molecular flexibility index (Phi) is 3.43. The third-order valence-corrected chi connectivity index (χ3v) is 3.25. The van der Waals surface area contributed by atoms with Crippen molar-refractivity contribution in [3.8, 4) is 5.69 Å². The number of aromatic nitrogens is 4. The van der Waals surface area contributed by atoms with Crippen LogP contribution in [0.1, 0.15) is 11.5 Å². The van der Waals surface area contributed by atoms with Crippen LogP contribution < -0.4 is 5.32 Å². The van der Waals surface area contributed by atoms with E-state index >= 15 is 0 Å². The molecule has 0 aliphatic rings. The minimum atomic E-state index is 0.648. The van der Waals surface area contributed by atoms with Gasteiger partial charge in [0.05, 0.1) is 29.1 Å². The number of hydrogen-bond acceptors (Lipinski definition) is 3. The second-order valence-electron chi connectivity index (χ2n) is 4.43. The Morgan fingerprint density at radius 2 is 2.25 bits per heavy atom. The summed E-state index contributed by atoms with van der Waals surface area (Å²) in [5, 5.41) is 8.25. The van der Waals surface area contributed by atoms with Crippen molar-refractivity contribution in [1.29, 1.82) is 0 Å². The maximum atomic E-state index is 6.29. The highest BCUT2D eigenvalue weighted by atomic mass is 35.5. The minimum absolute atomic E-state index is 0.648. The van der Waals surface area contributed by atoms with Crippen molar-refractivity contribution < 1.29 is 0 Å². The Morgan fingerprint density at radius 1 is 1.35 bits per heavy atom. The molecule has 2 N–H and O–H groups in total. The molecule has 6 heteroatoms. The molecule has 0 fully saturated rings. The molecule has 0 aliphatic heterocycles. The predicted octanol–water partition coefficient (Wildman–Crippen LogP) is 3.17. The molecule has 5 nitrogen and oxygen atoms in total. The van der Waals surface area contributed by atoms with Crippen LogP contribution in [0.3, 0.4) is 0 Å². The summed E-state index contributed by atoms with van der Waals surface area (Å²) >= 11 is 6.29. The van der Waals surface area contributed by atoms with E-state index in [1.54, 1.807) is 10.9 Å². The number of hydrogen-bond donors (Lipinski definition) is 2. The number of halogens is 1. The van der Waals surface area contributed by atoms with Gasteiger partial charge in [-0.25, -0.2) is 9.67 Å². The van der Waals surface area contributed by atoms with Crippen molar-refractivity contribution in [2.24, 2.45) is 0 Å². The van der Waals surface area contributed by atoms with Crippen molar-refractivity contribution in [3.05, 3.63) is 59.4 Å². The molecule has 2 aromatic heterocycles. The van der Waals surface area contributed by atoms with Gasteiger partial charge in [0.1, 0.15) is 11.5 Å². The van der Waals surface area contributed by atoms with Crippen molar-refractivity contribution in [1.82, 2.24) is 19.7 Å². The van der Waals surface area contributed by atoms with E-state index in [4.69, 9.17) is 11.6 Å². The smallest absolute Gasteiger partial charge is 0.106 e. The molecule has 2 heterocycles. The standard InChI is InChI=1S/C14H14ClN5/c1-10-16-8-11(19-10)9-17-13-5-2-4-12(15)14(13)20-7-3-6-18-20/h2-8,17H,9H2,1H3,(H,16,19). The van der Waals surface area contributed by atoms with Crippen LogP contribution in [0.15, 0.2) is 42.9 Å². The van der Waals surface area contributed by atoms with E-state index in [1.807, 2.05) is 43.6 Å². The van der Waals surface area contributed by atoms with Gasteiger partial charge in [-0.15, -0.1) is 0 Å². The Labute approximate surface area is 121 Å². The first-order valence-electron chi connectivity index (χ1n) is 6.27. The van der Waals surface area contributed by atoms with Gasteiger partial charge in [-0.05, 0) is 25.1 Å². The molecule has 0 unspecified atom stereocenters. The van der Waals surface area contributed by atoms with Crippen LogP contribution in [0, 0.1) is 6.92 Å². The fourth-order valence-electron chi connectivity index (χ4n) is 2.04. The van der Waals surface area contributed by atoms with E-state index < -0.39 is 0 Å². The molecule has 3 aromatic rings. The lowest BCUT2D eigenvalue weighted by molar-refractivity contribution is 0.878. The first-order chi connectivity index (χ1) is 9.74. The molecule has 0 saturated carbocycles. The van der Waals surface area contributed by atoms with Crippen molar-refractivity contribution in [3.63, 3.8) is 0 Å². The summed E-state index contributed by atoms with van der Waals surface area (Å²) in [5.41, 5.74) is 2.79. The largest absolute Gasteiger partial charge is 0.378 e. The Hall–Kier alpha value is -2.27. The van der Waals surface area contributed by atoms with Crippen molar-refractivity contribution in [2.45, 2.75) is 13.5 Å². The monoisotopic (exact) mass is 287 g/mol. The molecule has 0 amide bonds. The van der Waals surface area contributed by atoms with Crippen LogP contribution in [0.5, 0.6) is 0 Å². The van der Waals surface area contributed by atoms with E-state index in [0.717, 1.165) is 22.9 Å². The van der Waals surface area contributed by atoms with Crippen LogP contribution >= 0.6 is 11.6 Å². The number of nitrogens with one attached hydrogen (secondary N) is 2. The van der Waals surface area contributed by atoms with Crippen molar-refractivity contribution >= 4 is 17.3 Å². The maximum Gasteiger partial charge on any atom is 0.106 e. The number of para-hydroxylation sites is 1. The summed E-state index contributed by atoms with van der Waals surface area (Å²) in [7, 11) is 0. The van der Waals surface area contributed by atoms with E-state index in [-0.39, 0.29) is 0 Å². The molecule has 0 radical (unpaired) electrons. The third-order valence-electron chi connectivity index (χ3n) is 2.95. The van der Waals surface area contributed by atoms with E-state index in [9.17, 15) is 0 Å². The minimum Gasteiger partial charge on any atom is -0.378 e. The van der Waals surface area contributed by atoms with Gasteiger partial charge in [0, 0.05) is 12.4 Å². The Balaban J connectivity index is 1.88. The van der Waals surface area contributed by atoms with Gasteiger partial charge in [0.25, 0.3) is 0 Å². The van der Waals surface area contributed by atoms with Crippen LogP contribution in [0.2, 0.25) is 5.02 Å². The summed E-state index contributed by atoms with van der Waals surface area (Å²) in [6.07, 6.45) is 5.42. The highest BCUT2D eigenvalue weighted by Crippen LogP contribution is 2.28. The number of nitrogens with zero attached hydrogens (tertiary/aromatic N) is 3. The van der Waals surface area contributed by atoms with E-state index in [2.05, 4.69) is 20.4 Å². The van der Waals surface area contributed by atoms with E-state index in [0.29, 0.717) is 11.6 Å². The molecule has 0 bridgehead atoms. The highest BCUT2D eigenvalue weighted by molar-refractivity contribution is 6.33. The normalized spacial score (nSPS) is 10.7. The topological polar surface area (TPSA) is 58.5 Å². The third kappa shape index (κ3) is 2.53. The fourth-order valence-corrected chi connectivity index (χ4v) is 2.30. The number of aryl methyl sites for hydroxylation is 1. The molecule has 0 saturated heterocycles. The second kappa shape index (κ2) is 5.38. The lowest BCUT2D eigenvalue weighted by Gasteiger charge is -2.13. The zero-order valence-corrected chi connectivity index (χ0v) is 11.7. The average Bonchev–Trinajstić information content (AvgIpc) is 3.08. The number of anilines is 1. The van der Waals surface area contributed by atoms with Gasteiger partial charge < -0.3 is 10.3 Å². The van der Waals surface area contributed by atoms with Crippen LogP contribution in [-0.2, 0) is 6.54 Å². The highest BCUT2D eigenvalue weighted by Gasteiger charge is 2.09. The SMILES string of the molecule is Cc1ncc(CNc2cccc(Cl)c2-n2cccn2)[nH]1. The average molecular weight is 288 g/mol. The zero-order chi connectivity index (χ0) is 13.9. The summed E-state index contributed by atoms with van der Waals surface area (Å²) < 4.78 is 1.75. The number of benzene rings is 1. The molecule has 3 rings (SSSR count). The summed E-state index contributed by atoms with van der Waals surface area (Å²) in [6, 6.07) is 7.61. The van der Waals surface area contributed by atoms with Gasteiger partial charge in [0.2, 0.25) is 0 Å². The lowest BCUT2D eigenvalue weighted by Crippen LogP contribution is -2.05. The van der Waals surface area contributed by atoms with Crippen LogP contribution in [0.4, 0.5) is 5.69 Å². The molecule has 1 aromatic carbocycles. The van der Waals surface area contributed by atoms with Crippen molar-refractivity contribution in [2.75, 3.05) is 5.32 Å². The molecular weight excluding hydrogens is 274 g/mol. The maximum absolute atomic E-state index is 6.29. The first kappa shape index (κ1) is 12.7. The molecule has 20 heavy (non-hydrogen) atoms. The first-order valence-corrected chi connectivity index (χ1v) is 6.65. The fraction of sp³-hybridized carbons (Fsp3) is 0.143. The van der Waals surface area contributed by atoms with Gasteiger partial charge in [-0.3, -0.25) is 0 Å². The summed E-state index contributed by atoms with van der Waals surface area (Å²) in [4.78, 5) is 7.37. The van der Waals surface area contributed by atoms with Gasteiger partial charge in [-0.2, -0.15) is 5.10 Å². The molecule has 102 valence electrons. The van der Waals surface area contributed by atoms with Crippen LogP contribution in [0.25, 0.3) is 5.69 Å².